The lowest BCUT2D eigenvalue weighted by Crippen LogP contribution is -2.58. The summed E-state index contributed by atoms with van der Waals surface area (Å²) in [6.07, 6.45) is 3.71. The number of para-hydroxylation sites is 2. The zero-order valence-corrected chi connectivity index (χ0v) is 16.2. The first-order chi connectivity index (χ1) is 14.1. The number of aromatic nitrogens is 2. The molecule has 0 bridgehead atoms. The summed E-state index contributed by atoms with van der Waals surface area (Å²) in [6.45, 7) is 1.70. The third-order valence-corrected chi connectivity index (χ3v) is 5.77. The van der Waals surface area contributed by atoms with Gasteiger partial charge >= 0.3 is 0 Å². The van der Waals surface area contributed by atoms with E-state index in [-0.39, 0.29) is 6.04 Å². The van der Waals surface area contributed by atoms with Gasteiger partial charge in [0.15, 0.2) is 5.82 Å². The van der Waals surface area contributed by atoms with Crippen molar-refractivity contribution in [1.29, 1.82) is 0 Å². The molecular weight excluding hydrogens is 362 g/mol. The van der Waals surface area contributed by atoms with Crippen LogP contribution < -0.4 is 16.9 Å². The predicted octanol–water partition coefficient (Wildman–Crippen LogP) is 2.10. The fourth-order valence-electron chi connectivity index (χ4n) is 4.20. The van der Waals surface area contributed by atoms with Gasteiger partial charge in [0.2, 0.25) is 5.66 Å². The van der Waals surface area contributed by atoms with Crippen molar-refractivity contribution < 1.29 is 0 Å². The van der Waals surface area contributed by atoms with Crippen LogP contribution in [0.15, 0.2) is 65.4 Å². The summed E-state index contributed by atoms with van der Waals surface area (Å²) in [5.41, 5.74) is 20.2. The van der Waals surface area contributed by atoms with Crippen molar-refractivity contribution >= 4 is 22.8 Å². The molecule has 5 rings (SSSR count). The zero-order chi connectivity index (χ0) is 19.8. The van der Waals surface area contributed by atoms with Crippen molar-refractivity contribution in [1.82, 2.24) is 20.3 Å². The van der Waals surface area contributed by atoms with Gasteiger partial charge in [0.25, 0.3) is 0 Å². The van der Waals surface area contributed by atoms with Gasteiger partial charge in [0.05, 0.1) is 22.9 Å². The Morgan fingerprint density at radius 1 is 1.00 bits per heavy atom. The van der Waals surface area contributed by atoms with Crippen LogP contribution in [0.5, 0.6) is 0 Å². The number of rotatable bonds is 3. The van der Waals surface area contributed by atoms with Crippen LogP contribution in [-0.4, -0.2) is 40.2 Å². The highest BCUT2D eigenvalue weighted by Gasteiger charge is 2.42. The Balaban J connectivity index is 1.68. The number of aromatic amines is 1. The average Bonchev–Trinajstić information content (AvgIpc) is 3.20. The highest BCUT2D eigenvalue weighted by molar-refractivity contribution is 6.12. The van der Waals surface area contributed by atoms with Gasteiger partial charge in [-0.25, -0.2) is 4.98 Å². The highest BCUT2D eigenvalue weighted by Crippen LogP contribution is 2.36. The molecule has 2 aliphatic rings. The molecule has 1 unspecified atom stereocenters. The Kier molecular flexibility index (Phi) is 4.34. The van der Waals surface area contributed by atoms with Crippen molar-refractivity contribution in [2.24, 2.45) is 16.6 Å². The minimum Gasteiger partial charge on any atom is -0.371 e. The molecule has 1 fully saturated rings. The molecule has 7 nitrogen and oxygen atoms in total. The minimum atomic E-state index is -1.07. The third-order valence-electron chi connectivity index (χ3n) is 5.77. The maximum absolute atomic E-state index is 7.03. The SMILES string of the molecule is NC1CCN(C2=C(c3ccccc3)C=NNC2(N)c2nc3ccccc3[nH]2)CC1. The minimum absolute atomic E-state index is 0.232. The first kappa shape index (κ1) is 17.9. The van der Waals surface area contributed by atoms with Gasteiger partial charge in [-0.15, -0.1) is 0 Å². The Hall–Kier alpha value is -3.16. The average molecular weight is 387 g/mol. The molecular formula is C22H25N7. The molecule has 7 heteroatoms. The maximum Gasteiger partial charge on any atom is 0.202 e. The molecule has 0 amide bonds. The van der Waals surface area contributed by atoms with Crippen molar-refractivity contribution in [3.05, 3.63) is 71.7 Å². The smallest absolute Gasteiger partial charge is 0.202 e. The van der Waals surface area contributed by atoms with E-state index in [0.29, 0.717) is 5.82 Å². The van der Waals surface area contributed by atoms with Gasteiger partial charge in [0, 0.05) is 24.7 Å². The van der Waals surface area contributed by atoms with E-state index in [2.05, 4.69) is 32.5 Å². The molecule has 6 N–H and O–H groups in total. The normalized spacial score (nSPS) is 22.9. The van der Waals surface area contributed by atoms with E-state index in [4.69, 9.17) is 16.5 Å². The van der Waals surface area contributed by atoms with Crippen LogP contribution in [0.2, 0.25) is 0 Å². The second kappa shape index (κ2) is 7.02. The number of piperidine rings is 1. The van der Waals surface area contributed by atoms with Crippen molar-refractivity contribution in [2.45, 2.75) is 24.5 Å². The molecule has 29 heavy (non-hydrogen) atoms. The number of hydrogen-bond donors (Lipinski definition) is 4. The Morgan fingerprint density at radius 2 is 1.72 bits per heavy atom. The van der Waals surface area contributed by atoms with E-state index in [9.17, 15) is 0 Å². The number of nitrogens with two attached hydrogens (primary N) is 2. The second-order valence-electron chi connectivity index (χ2n) is 7.73. The largest absolute Gasteiger partial charge is 0.371 e. The van der Waals surface area contributed by atoms with E-state index >= 15 is 0 Å². The number of nitrogens with one attached hydrogen (secondary N) is 2. The van der Waals surface area contributed by atoms with Gasteiger partial charge in [-0.3, -0.25) is 11.2 Å². The van der Waals surface area contributed by atoms with Crippen LogP contribution in [0.1, 0.15) is 24.2 Å². The first-order valence-electron chi connectivity index (χ1n) is 10.0. The number of benzene rings is 2. The quantitative estimate of drug-likeness (QED) is 0.550. The molecule has 1 aromatic heterocycles. The number of allylic oxidation sites excluding steroid dienone is 1. The van der Waals surface area contributed by atoms with E-state index in [1.54, 1.807) is 0 Å². The van der Waals surface area contributed by atoms with Crippen LogP contribution >= 0.6 is 0 Å². The van der Waals surface area contributed by atoms with Crippen LogP contribution in [0.25, 0.3) is 16.6 Å². The summed E-state index contributed by atoms with van der Waals surface area (Å²) >= 11 is 0. The number of H-pyrrole nitrogens is 1. The monoisotopic (exact) mass is 387 g/mol. The highest BCUT2D eigenvalue weighted by atomic mass is 15.4. The van der Waals surface area contributed by atoms with Crippen LogP contribution in [0.4, 0.5) is 0 Å². The molecule has 0 aliphatic carbocycles. The predicted molar refractivity (Wildman–Crippen MR) is 116 cm³/mol. The molecule has 3 aromatic rings. The topological polar surface area (TPSA) is 108 Å². The molecule has 3 heterocycles. The lowest BCUT2D eigenvalue weighted by atomic mass is 9.92. The fraction of sp³-hybridized carbons (Fsp3) is 0.273. The van der Waals surface area contributed by atoms with Crippen molar-refractivity contribution in [2.75, 3.05) is 13.1 Å². The fourth-order valence-corrected chi connectivity index (χ4v) is 4.20. The molecule has 0 radical (unpaired) electrons. The molecule has 2 aromatic carbocycles. The standard InChI is InChI=1S/C22H25N7/c23-16-10-12-29(13-11-16)20-17(15-6-2-1-3-7-15)14-25-28-22(20,24)21-26-18-8-4-5-9-19(18)27-21/h1-9,14,16,28H,10-13,23-24H2,(H,26,27). The molecule has 1 saturated heterocycles. The van der Waals surface area contributed by atoms with Gasteiger partial charge in [0.1, 0.15) is 0 Å². The molecule has 1 atom stereocenters. The summed E-state index contributed by atoms with van der Waals surface area (Å²) in [7, 11) is 0. The first-order valence-corrected chi connectivity index (χ1v) is 10.0. The van der Waals surface area contributed by atoms with Gasteiger partial charge in [-0.05, 0) is 30.5 Å². The van der Waals surface area contributed by atoms with Crippen molar-refractivity contribution in [3.63, 3.8) is 0 Å². The summed E-state index contributed by atoms with van der Waals surface area (Å²) < 4.78 is 0. The molecule has 0 spiro atoms. The lowest BCUT2D eigenvalue weighted by molar-refractivity contribution is 0.206. The van der Waals surface area contributed by atoms with Crippen LogP contribution in [0, 0.1) is 0 Å². The second-order valence-corrected chi connectivity index (χ2v) is 7.73. The summed E-state index contributed by atoms with van der Waals surface area (Å²) in [4.78, 5) is 10.5. The Morgan fingerprint density at radius 3 is 2.48 bits per heavy atom. The number of hydrazone groups is 1. The van der Waals surface area contributed by atoms with Gasteiger partial charge in [-0.1, -0.05) is 42.5 Å². The maximum atomic E-state index is 7.03. The van der Waals surface area contributed by atoms with E-state index < -0.39 is 5.66 Å². The molecule has 2 aliphatic heterocycles. The van der Waals surface area contributed by atoms with Crippen LogP contribution in [0.3, 0.4) is 0 Å². The third kappa shape index (κ3) is 3.08. The van der Waals surface area contributed by atoms with Crippen LogP contribution in [-0.2, 0) is 5.66 Å². The van der Waals surface area contributed by atoms with Crippen molar-refractivity contribution in [3.8, 4) is 0 Å². The number of imidazole rings is 1. The Labute approximate surface area is 169 Å². The Bertz CT molecular complexity index is 1040. The summed E-state index contributed by atoms with van der Waals surface area (Å²) in [5.74, 6) is 0.647. The number of likely N-dealkylation sites (tertiary alicyclic amines) is 1. The summed E-state index contributed by atoms with van der Waals surface area (Å²) in [5, 5.41) is 4.43. The number of fused-ring (bicyclic) bond motifs is 1. The number of nitrogens with zero attached hydrogens (tertiary/aromatic N) is 3. The van der Waals surface area contributed by atoms with E-state index in [0.717, 1.165) is 53.8 Å². The molecule has 0 saturated carbocycles. The number of hydrogen-bond acceptors (Lipinski definition) is 6. The van der Waals surface area contributed by atoms with E-state index in [1.807, 2.05) is 48.7 Å². The zero-order valence-electron chi connectivity index (χ0n) is 16.2. The lowest BCUT2D eigenvalue weighted by Gasteiger charge is -2.43. The van der Waals surface area contributed by atoms with Gasteiger partial charge < -0.3 is 15.6 Å². The summed E-state index contributed by atoms with van der Waals surface area (Å²) in [6, 6.07) is 18.4. The van der Waals surface area contributed by atoms with Gasteiger partial charge in [-0.2, -0.15) is 5.10 Å². The molecule has 148 valence electrons. The van der Waals surface area contributed by atoms with E-state index in [1.165, 1.54) is 0 Å².